The van der Waals surface area contributed by atoms with Crippen molar-refractivity contribution in [3.63, 3.8) is 0 Å². The Morgan fingerprint density at radius 3 is 2.43 bits per heavy atom. The van der Waals surface area contributed by atoms with Crippen LogP contribution in [0.1, 0.15) is 29.7 Å². The lowest BCUT2D eigenvalue weighted by molar-refractivity contribution is -0.119. The number of pyridine rings is 1. The standard InChI is InChI=1S/C23H25N3O2.2ClH/c1-14-2-6-16(7-3-14)23-18-11-17(28-13-22(25)27)8-9-20(18)26-21(19(23)12-24)10-15-4-5-15;;/h2-3,6-9,11,15H,4-5,10,12-13,24H2,1H3,(H2,25,27);2*1H. The number of aromatic nitrogens is 1. The van der Waals surface area contributed by atoms with Crippen LogP contribution in [-0.4, -0.2) is 17.5 Å². The average Bonchev–Trinajstić information content (AvgIpc) is 3.50. The summed E-state index contributed by atoms with van der Waals surface area (Å²) in [6.45, 7) is 2.36. The van der Waals surface area contributed by atoms with E-state index in [-0.39, 0.29) is 31.4 Å². The van der Waals surface area contributed by atoms with E-state index in [2.05, 4.69) is 31.2 Å². The van der Waals surface area contributed by atoms with Crippen LogP contribution in [0.2, 0.25) is 0 Å². The summed E-state index contributed by atoms with van der Waals surface area (Å²) in [5.74, 6) is 0.818. The second kappa shape index (κ2) is 10.1. The van der Waals surface area contributed by atoms with Gasteiger partial charge in [-0.05, 0) is 67.0 Å². The van der Waals surface area contributed by atoms with Crippen molar-refractivity contribution in [2.45, 2.75) is 32.7 Å². The van der Waals surface area contributed by atoms with Crippen molar-refractivity contribution < 1.29 is 9.53 Å². The van der Waals surface area contributed by atoms with Crippen LogP contribution in [0, 0.1) is 12.8 Å². The third kappa shape index (κ3) is 5.22. The molecule has 3 aromatic rings. The van der Waals surface area contributed by atoms with Crippen molar-refractivity contribution in [3.05, 3.63) is 59.3 Å². The molecule has 0 unspecified atom stereocenters. The Hall–Kier alpha value is -2.34. The minimum absolute atomic E-state index is 0. The van der Waals surface area contributed by atoms with Gasteiger partial charge >= 0.3 is 0 Å². The Kier molecular flexibility index (Phi) is 8.07. The van der Waals surface area contributed by atoms with Crippen LogP contribution in [0.25, 0.3) is 22.0 Å². The topological polar surface area (TPSA) is 91.2 Å². The zero-order valence-corrected chi connectivity index (χ0v) is 18.5. The van der Waals surface area contributed by atoms with Gasteiger partial charge in [-0.1, -0.05) is 29.8 Å². The van der Waals surface area contributed by atoms with Gasteiger partial charge in [0.25, 0.3) is 5.91 Å². The first kappa shape index (κ1) is 23.9. The van der Waals surface area contributed by atoms with Crippen LogP contribution in [-0.2, 0) is 17.8 Å². The molecule has 0 radical (unpaired) electrons. The number of fused-ring (bicyclic) bond motifs is 1. The maximum absolute atomic E-state index is 11.1. The fourth-order valence-electron chi connectivity index (χ4n) is 3.61. The van der Waals surface area contributed by atoms with Crippen LogP contribution in [0.3, 0.4) is 0 Å². The van der Waals surface area contributed by atoms with Crippen molar-refractivity contribution in [1.29, 1.82) is 0 Å². The molecule has 0 atom stereocenters. The van der Waals surface area contributed by atoms with Crippen LogP contribution in [0.15, 0.2) is 42.5 Å². The highest BCUT2D eigenvalue weighted by Crippen LogP contribution is 2.39. The molecule has 1 aliphatic rings. The van der Waals surface area contributed by atoms with Crippen molar-refractivity contribution in [1.82, 2.24) is 4.98 Å². The van der Waals surface area contributed by atoms with Gasteiger partial charge in [0.1, 0.15) is 5.75 Å². The Balaban J connectivity index is 0.00000160. The zero-order chi connectivity index (χ0) is 19.7. The van der Waals surface area contributed by atoms with Gasteiger partial charge in [0.15, 0.2) is 6.61 Å². The van der Waals surface area contributed by atoms with Gasteiger partial charge in [0.05, 0.1) is 5.52 Å². The number of carbonyl (C=O) groups is 1. The molecule has 1 aliphatic carbocycles. The van der Waals surface area contributed by atoms with Crippen molar-refractivity contribution in [3.8, 4) is 16.9 Å². The summed E-state index contributed by atoms with van der Waals surface area (Å²) in [5, 5.41) is 0.978. The maximum Gasteiger partial charge on any atom is 0.255 e. The van der Waals surface area contributed by atoms with E-state index in [4.69, 9.17) is 21.2 Å². The normalized spacial score (nSPS) is 12.7. The molecule has 1 amide bonds. The molecule has 4 N–H and O–H groups in total. The molecule has 0 aliphatic heterocycles. The van der Waals surface area contributed by atoms with Crippen LogP contribution in [0.5, 0.6) is 5.75 Å². The zero-order valence-electron chi connectivity index (χ0n) is 16.9. The number of benzene rings is 2. The largest absolute Gasteiger partial charge is 0.484 e. The van der Waals surface area contributed by atoms with E-state index >= 15 is 0 Å². The second-order valence-corrected chi connectivity index (χ2v) is 7.56. The number of aryl methyl sites for hydroxylation is 1. The molecule has 1 fully saturated rings. The number of rotatable bonds is 7. The molecule has 1 aromatic heterocycles. The third-order valence-electron chi connectivity index (χ3n) is 5.25. The first-order chi connectivity index (χ1) is 13.5. The highest BCUT2D eigenvalue weighted by atomic mass is 35.5. The van der Waals surface area contributed by atoms with Crippen molar-refractivity contribution >= 4 is 41.6 Å². The van der Waals surface area contributed by atoms with Gasteiger partial charge in [0.2, 0.25) is 0 Å². The van der Waals surface area contributed by atoms with E-state index in [9.17, 15) is 4.79 Å². The molecule has 2 aromatic carbocycles. The van der Waals surface area contributed by atoms with Gasteiger partial charge in [-0.15, -0.1) is 24.8 Å². The Morgan fingerprint density at radius 2 is 1.83 bits per heavy atom. The van der Waals surface area contributed by atoms with Crippen LogP contribution >= 0.6 is 24.8 Å². The number of primary amides is 1. The molecular weight excluding hydrogens is 421 g/mol. The van der Waals surface area contributed by atoms with Gasteiger partial charge in [-0.3, -0.25) is 9.78 Å². The highest BCUT2D eigenvalue weighted by molar-refractivity contribution is 5.97. The summed E-state index contributed by atoms with van der Waals surface area (Å²) in [6.07, 6.45) is 3.51. The number of nitrogens with two attached hydrogens (primary N) is 2. The molecular formula is C23H27Cl2N3O2. The lowest BCUT2D eigenvalue weighted by Gasteiger charge is -2.17. The predicted octanol–water partition coefficient (Wildman–Crippen LogP) is 4.33. The Bertz CT molecular complexity index is 1030. The van der Waals surface area contributed by atoms with E-state index in [1.54, 1.807) is 0 Å². The fraction of sp³-hybridized carbons (Fsp3) is 0.304. The number of hydrogen-bond donors (Lipinski definition) is 2. The van der Waals surface area contributed by atoms with Crippen molar-refractivity contribution in [2.24, 2.45) is 17.4 Å². The van der Waals surface area contributed by atoms with Gasteiger partial charge in [-0.2, -0.15) is 0 Å². The maximum atomic E-state index is 11.1. The van der Waals surface area contributed by atoms with E-state index in [0.29, 0.717) is 12.3 Å². The van der Waals surface area contributed by atoms with E-state index in [1.165, 1.54) is 18.4 Å². The molecule has 1 heterocycles. The SMILES string of the molecule is Cc1ccc(-c2c(CN)c(CC3CC3)nc3ccc(OCC(N)=O)cc23)cc1.Cl.Cl. The molecule has 4 rings (SSSR count). The van der Waals surface area contributed by atoms with Gasteiger partial charge < -0.3 is 16.2 Å². The lowest BCUT2D eigenvalue weighted by atomic mass is 9.92. The first-order valence-corrected chi connectivity index (χ1v) is 9.69. The fourth-order valence-corrected chi connectivity index (χ4v) is 3.61. The van der Waals surface area contributed by atoms with E-state index in [1.807, 2.05) is 18.2 Å². The summed E-state index contributed by atoms with van der Waals surface area (Å²) in [7, 11) is 0. The average molecular weight is 448 g/mol. The summed E-state index contributed by atoms with van der Waals surface area (Å²) in [6, 6.07) is 14.2. The molecule has 0 saturated heterocycles. The third-order valence-corrected chi connectivity index (χ3v) is 5.25. The number of halogens is 2. The summed E-state index contributed by atoms with van der Waals surface area (Å²) < 4.78 is 5.53. The molecule has 160 valence electrons. The smallest absolute Gasteiger partial charge is 0.255 e. The molecule has 0 spiro atoms. The molecule has 1 saturated carbocycles. The molecule has 7 heteroatoms. The first-order valence-electron chi connectivity index (χ1n) is 9.69. The summed E-state index contributed by atoms with van der Waals surface area (Å²) in [4.78, 5) is 16.0. The second-order valence-electron chi connectivity index (χ2n) is 7.56. The number of ether oxygens (including phenoxy) is 1. The van der Waals surface area contributed by atoms with E-state index in [0.717, 1.165) is 45.6 Å². The van der Waals surface area contributed by atoms with Crippen molar-refractivity contribution in [2.75, 3.05) is 6.61 Å². The Morgan fingerprint density at radius 1 is 1.13 bits per heavy atom. The van der Waals surface area contributed by atoms with Crippen LogP contribution in [0.4, 0.5) is 0 Å². The highest BCUT2D eigenvalue weighted by Gasteiger charge is 2.25. The predicted molar refractivity (Wildman–Crippen MR) is 125 cm³/mol. The van der Waals surface area contributed by atoms with Gasteiger partial charge in [0, 0.05) is 17.6 Å². The molecule has 5 nitrogen and oxygen atoms in total. The van der Waals surface area contributed by atoms with E-state index < -0.39 is 5.91 Å². The molecule has 0 bridgehead atoms. The van der Waals surface area contributed by atoms with Crippen LogP contribution < -0.4 is 16.2 Å². The number of amides is 1. The Labute approximate surface area is 189 Å². The quantitative estimate of drug-likeness (QED) is 0.563. The number of carbonyl (C=O) groups excluding carboxylic acids is 1. The van der Waals surface area contributed by atoms with Gasteiger partial charge in [-0.25, -0.2) is 0 Å². The minimum atomic E-state index is -0.501. The summed E-state index contributed by atoms with van der Waals surface area (Å²) >= 11 is 0. The lowest BCUT2D eigenvalue weighted by Crippen LogP contribution is -2.20. The number of nitrogens with zero attached hydrogens (tertiary/aromatic N) is 1. The molecule has 30 heavy (non-hydrogen) atoms. The summed E-state index contributed by atoms with van der Waals surface area (Å²) in [5.41, 5.74) is 18.0. The monoisotopic (exact) mass is 447 g/mol. The number of hydrogen-bond acceptors (Lipinski definition) is 4. The minimum Gasteiger partial charge on any atom is -0.484 e.